The maximum atomic E-state index is 13.3. The SMILES string of the molecule is CC(C)CNC(=O)[C@H](C)N(Cc1ccc(Cl)cc1Cl)C(=O)COc1cccc2ccccc12. The summed E-state index contributed by atoms with van der Waals surface area (Å²) >= 11 is 12.4. The fourth-order valence-corrected chi connectivity index (χ4v) is 3.88. The molecule has 0 saturated heterocycles. The topological polar surface area (TPSA) is 58.6 Å². The highest BCUT2D eigenvalue weighted by Crippen LogP contribution is 2.26. The molecule has 1 atom stereocenters. The maximum Gasteiger partial charge on any atom is 0.261 e. The van der Waals surface area contributed by atoms with Crippen molar-refractivity contribution in [2.24, 2.45) is 5.92 Å². The number of fused-ring (bicyclic) bond motifs is 1. The number of benzene rings is 3. The van der Waals surface area contributed by atoms with Gasteiger partial charge in [0, 0.05) is 28.5 Å². The molecule has 0 aromatic heterocycles. The maximum absolute atomic E-state index is 13.3. The average molecular weight is 487 g/mol. The number of rotatable bonds is 9. The monoisotopic (exact) mass is 486 g/mol. The zero-order chi connectivity index (χ0) is 24.0. The second-order valence-electron chi connectivity index (χ2n) is 8.34. The summed E-state index contributed by atoms with van der Waals surface area (Å²) in [5.74, 6) is 0.363. The van der Waals surface area contributed by atoms with Gasteiger partial charge in [-0.1, -0.05) is 79.5 Å². The molecule has 0 fully saturated rings. The fraction of sp³-hybridized carbons (Fsp3) is 0.308. The van der Waals surface area contributed by atoms with Crippen molar-refractivity contribution in [3.05, 3.63) is 76.3 Å². The lowest BCUT2D eigenvalue weighted by molar-refractivity contribution is -0.142. The van der Waals surface area contributed by atoms with Crippen LogP contribution in [-0.4, -0.2) is 35.9 Å². The summed E-state index contributed by atoms with van der Waals surface area (Å²) in [5.41, 5.74) is 0.697. The molecule has 0 unspecified atom stereocenters. The Morgan fingerprint density at radius 3 is 2.45 bits per heavy atom. The smallest absolute Gasteiger partial charge is 0.261 e. The Kier molecular flexibility index (Phi) is 8.59. The van der Waals surface area contributed by atoms with Gasteiger partial charge in [-0.05, 0) is 42.0 Å². The number of nitrogens with zero attached hydrogens (tertiary/aromatic N) is 1. The second-order valence-corrected chi connectivity index (χ2v) is 9.18. The molecule has 0 radical (unpaired) electrons. The fourth-order valence-electron chi connectivity index (χ4n) is 3.41. The summed E-state index contributed by atoms with van der Waals surface area (Å²) in [6.45, 7) is 6.21. The van der Waals surface area contributed by atoms with Crippen molar-refractivity contribution in [2.45, 2.75) is 33.4 Å². The van der Waals surface area contributed by atoms with Crippen LogP contribution in [0.3, 0.4) is 0 Å². The number of nitrogens with one attached hydrogen (secondary N) is 1. The normalized spacial score (nSPS) is 11.9. The van der Waals surface area contributed by atoms with Crippen LogP contribution in [0.5, 0.6) is 5.75 Å². The van der Waals surface area contributed by atoms with E-state index in [2.05, 4.69) is 5.32 Å². The Balaban J connectivity index is 1.80. The molecular formula is C26H28Cl2N2O3. The van der Waals surface area contributed by atoms with Gasteiger partial charge in [0.2, 0.25) is 5.91 Å². The largest absolute Gasteiger partial charge is 0.483 e. The third-order valence-corrected chi connectivity index (χ3v) is 5.90. The molecule has 3 aromatic carbocycles. The second kappa shape index (κ2) is 11.4. The lowest BCUT2D eigenvalue weighted by Crippen LogP contribution is -2.49. The molecule has 0 saturated carbocycles. The number of carbonyl (C=O) groups excluding carboxylic acids is 2. The quantitative estimate of drug-likeness (QED) is 0.420. The van der Waals surface area contributed by atoms with E-state index in [1.165, 1.54) is 4.90 Å². The molecule has 0 heterocycles. The van der Waals surface area contributed by atoms with E-state index in [0.717, 1.165) is 10.8 Å². The third kappa shape index (κ3) is 6.62. The van der Waals surface area contributed by atoms with Crippen LogP contribution in [0.1, 0.15) is 26.3 Å². The summed E-state index contributed by atoms with van der Waals surface area (Å²) in [6.07, 6.45) is 0. The summed E-state index contributed by atoms with van der Waals surface area (Å²) in [4.78, 5) is 27.5. The first kappa shape index (κ1) is 24.9. The molecular weight excluding hydrogens is 459 g/mol. The van der Waals surface area contributed by atoms with E-state index in [1.54, 1.807) is 25.1 Å². The van der Waals surface area contributed by atoms with Gasteiger partial charge in [0.05, 0.1) is 0 Å². The molecule has 5 nitrogen and oxygen atoms in total. The van der Waals surface area contributed by atoms with Crippen LogP contribution < -0.4 is 10.1 Å². The molecule has 0 aliphatic carbocycles. The van der Waals surface area contributed by atoms with Crippen molar-refractivity contribution in [3.8, 4) is 5.75 Å². The van der Waals surface area contributed by atoms with Crippen molar-refractivity contribution >= 4 is 45.8 Å². The molecule has 0 aliphatic heterocycles. The van der Waals surface area contributed by atoms with Gasteiger partial charge in [-0.15, -0.1) is 0 Å². The third-order valence-electron chi connectivity index (χ3n) is 5.31. The highest BCUT2D eigenvalue weighted by Gasteiger charge is 2.27. The lowest BCUT2D eigenvalue weighted by Gasteiger charge is -2.29. The molecule has 0 aliphatic rings. The van der Waals surface area contributed by atoms with Crippen LogP contribution in [0.4, 0.5) is 0 Å². The molecule has 7 heteroatoms. The number of amides is 2. The van der Waals surface area contributed by atoms with Crippen LogP contribution in [0.2, 0.25) is 10.0 Å². The first-order valence-electron chi connectivity index (χ1n) is 10.9. The highest BCUT2D eigenvalue weighted by atomic mass is 35.5. The summed E-state index contributed by atoms with van der Waals surface area (Å²) < 4.78 is 5.90. The average Bonchev–Trinajstić information content (AvgIpc) is 2.80. The van der Waals surface area contributed by atoms with Crippen LogP contribution in [0.15, 0.2) is 60.7 Å². The number of halogens is 2. The predicted molar refractivity (Wildman–Crippen MR) is 134 cm³/mol. The first-order valence-corrected chi connectivity index (χ1v) is 11.6. The van der Waals surface area contributed by atoms with Crippen molar-refractivity contribution in [2.75, 3.05) is 13.2 Å². The number of ether oxygens (including phenoxy) is 1. The van der Waals surface area contributed by atoms with Gasteiger partial charge in [0.25, 0.3) is 5.91 Å². The Labute approximate surface area is 204 Å². The van der Waals surface area contributed by atoms with E-state index in [1.807, 2.05) is 56.3 Å². The molecule has 3 aromatic rings. The van der Waals surface area contributed by atoms with Crippen LogP contribution in [-0.2, 0) is 16.1 Å². The van der Waals surface area contributed by atoms with E-state index in [0.29, 0.717) is 33.8 Å². The Bertz CT molecular complexity index is 1130. The summed E-state index contributed by atoms with van der Waals surface area (Å²) in [7, 11) is 0. The lowest BCUT2D eigenvalue weighted by atomic mass is 10.1. The molecule has 0 spiro atoms. The van der Waals surface area contributed by atoms with E-state index >= 15 is 0 Å². The number of hydrogen-bond donors (Lipinski definition) is 1. The summed E-state index contributed by atoms with van der Waals surface area (Å²) in [5, 5.41) is 5.78. The molecule has 3 rings (SSSR count). The van der Waals surface area contributed by atoms with Crippen LogP contribution in [0.25, 0.3) is 10.8 Å². The van der Waals surface area contributed by atoms with Crippen LogP contribution in [0, 0.1) is 5.92 Å². The van der Waals surface area contributed by atoms with E-state index in [9.17, 15) is 9.59 Å². The minimum atomic E-state index is -0.709. The molecule has 174 valence electrons. The molecule has 2 amide bonds. The molecule has 0 bridgehead atoms. The Morgan fingerprint density at radius 2 is 1.73 bits per heavy atom. The zero-order valence-electron chi connectivity index (χ0n) is 19.0. The van der Waals surface area contributed by atoms with Gasteiger partial charge in [-0.25, -0.2) is 0 Å². The van der Waals surface area contributed by atoms with E-state index < -0.39 is 6.04 Å². The number of hydrogen-bond acceptors (Lipinski definition) is 3. The van der Waals surface area contributed by atoms with Gasteiger partial charge in [0.1, 0.15) is 11.8 Å². The standard InChI is InChI=1S/C26H28Cl2N2O3/c1-17(2)14-29-26(32)18(3)30(15-20-11-12-21(27)13-23(20)28)25(31)16-33-24-10-6-8-19-7-4-5-9-22(19)24/h4-13,17-18H,14-16H2,1-3H3,(H,29,32)/t18-/m0/s1. The van der Waals surface area contributed by atoms with Crippen molar-refractivity contribution in [3.63, 3.8) is 0 Å². The minimum absolute atomic E-state index is 0.157. The van der Waals surface area contributed by atoms with Gasteiger partial charge < -0.3 is 15.0 Å². The minimum Gasteiger partial charge on any atom is -0.483 e. The Morgan fingerprint density at radius 1 is 1.00 bits per heavy atom. The van der Waals surface area contributed by atoms with Gasteiger partial charge in [-0.2, -0.15) is 0 Å². The van der Waals surface area contributed by atoms with Gasteiger partial charge in [-0.3, -0.25) is 9.59 Å². The first-order chi connectivity index (χ1) is 15.8. The van der Waals surface area contributed by atoms with Crippen molar-refractivity contribution in [1.82, 2.24) is 10.2 Å². The molecule has 33 heavy (non-hydrogen) atoms. The van der Waals surface area contributed by atoms with E-state index in [4.69, 9.17) is 27.9 Å². The zero-order valence-corrected chi connectivity index (χ0v) is 20.5. The number of carbonyl (C=O) groups is 2. The van der Waals surface area contributed by atoms with Crippen molar-refractivity contribution in [1.29, 1.82) is 0 Å². The highest BCUT2D eigenvalue weighted by molar-refractivity contribution is 6.35. The predicted octanol–water partition coefficient (Wildman–Crippen LogP) is 5.71. The summed E-state index contributed by atoms with van der Waals surface area (Å²) in [6, 6.07) is 17.9. The van der Waals surface area contributed by atoms with Crippen LogP contribution >= 0.6 is 23.2 Å². The Hall–Kier alpha value is -2.76. The van der Waals surface area contributed by atoms with Gasteiger partial charge >= 0.3 is 0 Å². The molecule has 1 N–H and O–H groups in total. The van der Waals surface area contributed by atoms with E-state index in [-0.39, 0.29) is 25.0 Å². The van der Waals surface area contributed by atoms with Crippen molar-refractivity contribution < 1.29 is 14.3 Å². The van der Waals surface area contributed by atoms with Gasteiger partial charge in [0.15, 0.2) is 6.61 Å².